The molecule has 0 fully saturated rings. The number of Topliss-reactive ketones (excluding diaryl/α,β-unsaturated/α-hetero) is 1. The molecule has 0 radical (unpaired) electrons. The molecule has 4 rings (SSSR count). The van der Waals surface area contributed by atoms with Crippen molar-refractivity contribution in [3.8, 4) is 16.9 Å². The summed E-state index contributed by atoms with van der Waals surface area (Å²) in [5, 5.41) is 5.18. The van der Waals surface area contributed by atoms with Crippen LogP contribution in [0.5, 0.6) is 5.75 Å². The van der Waals surface area contributed by atoms with Gasteiger partial charge in [0.1, 0.15) is 5.75 Å². The van der Waals surface area contributed by atoms with Crippen LogP contribution in [0.4, 0.5) is 11.5 Å². The number of ether oxygens (including phenoxy) is 1. The first kappa shape index (κ1) is 16.6. The lowest BCUT2D eigenvalue weighted by Crippen LogP contribution is -2.29. The van der Waals surface area contributed by atoms with E-state index < -0.39 is 0 Å². The van der Waals surface area contributed by atoms with Gasteiger partial charge in [-0.25, -0.2) is 4.98 Å². The third kappa shape index (κ3) is 3.15. The van der Waals surface area contributed by atoms with Gasteiger partial charge in [0.25, 0.3) is 0 Å². The molecular formula is C20H19N3O2S. The number of fused-ring (bicyclic) bond motifs is 1. The minimum absolute atomic E-state index is 0.120. The third-order valence-electron chi connectivity index (χ3n) is 4.27. The minimum Gasteiger partial charge on any atom is -0.493 e. The highest BCUT2D eigenvalue weighted by Crippen LogP contribution is 2.36. The lowest BCUT2D eigenvalue weighted by molar-refractivity contribution is 0.100. The van der Waals surface area contributed by atoms with Crippen molar-refractivity contribution in [1.82, 2.24) is 4.98 Å². The number of hydrogen-bond acceptors (Lipinski definition) is 6. The van der Waals surface area contributed by atoms with Crippen LogP contribution < -0.4 is 15.0 Å². The molecule has 3 heterocycles. The highest BCUT2D eigenvalue weighted by atomic mass is 32.1. The number of pyridine rings is 1. The molecule has 1 aromatic carbocycles. The number of carbonyl (C=O) groups excluding carboxylic acids is 1. The topological polar surface area (TPSA) is 54.5 Å². The van der Waals surface area contributed by atoms with Gasteiger partial charge in [-0.2, -0.15) is 0 Å². The fraction of sp³-hybridized carbons (Fsp3) is 0.200. The predicted molar refractivity (Wildman–Crippen MR) is 105 cm³/mol. The zero-order valence-corrected chi connectivity index (χ0v) is 15.3. The van der Waals surface area contributed by atoms with Crippen molar-refractivity contribution < 1.29 is 9.53 Å². The fourth-order valence-corrected chi connectivity index (χ4v) is 3.71. The summed E-state index contributed by atoms with van der Waals surface area (Å²) in [6, 6.07) is 13.8. The zero-order valence-electron chi connectivity index (χ0n) is 14.4. The Morgan fingerprint density at radius 3 is 3.00 bits per heavy atom. The van der Waals surface area contributed by atoms with Crippen LogP contribution in [0.1, 0.15) is 16.6 Å². The SMILES string of the molecule is CCOc1ccccc1-c1cnc2c(c1)N(CC(=O)c1cccs1)CN2. The molecule has 5 nitrogen and oxygen atoms in total. The number of nitrogens with zero attached hydrogens (tertiary/aromatic N) is 2. The summed E-state index contributed by atoms with van der Waals surface area (Å²) >= 11 is 1.47. The van der Waals surface area contributed by atoms with Gasteiger partial charge in [-0.05, 0) is 30.5 Å². The minimum atomic E-state index is 0.120. The first-order valence-corrected chi connectivity index (χ1v) is 9.42. The van der Waals surface area contributed by atoms with Gasteiger partial charge in [0.05, 0.1) is 30.4 Å². The van der Waals surface area contributed by atoms with Gasteiger partial charge in [-0.3, -0.25) is 4.79 Å². The number of para-hydroxylation sites is 1. The first-order chi connectivity index (χ1) is 12.8. The highest BCUT2D eigenvalue weighted by molar-refractivity contribution is 7.12. The number of hydrogen-bond donors (Lipinski definition) is 1. The number of nitrogens with one attached hydrogen (secondary N) is 1. The van der Waals surface area contributed by atoms with Crippen LogP contribution in [0.2, 0.25) is 0 Å². The number of thiophene rings is 1. The van der Waals surface area contributed by atoms with Gasteiger partial charge in [0.2, 0.25) is 0 Å². The predicted octanol–water partition coefficient (Wildman–Crippen LogP) is 4.28. The number of aromatic nitrogens is 1. The molecule has 1 aliphatic heterocycles. The number of carbonyl (C=O) groups is 1. The van der Waals surface area contributed by atoms with Crippen molar-refractivity contribution in [2.24, 2.45) is 0 Å². The molecule has 0 unspecified atom stereocenters. The molecule has 0 bridgehead atoms. The van der Waals surface area contributed by atoms with Crippen LogP contribution in [0.25, 0.3) is 11.1 Å². The van der Waals surface area contributed by atoms with Crippen molar-refractivity contribution in [2.75, 3.05) is 30.0 Å². The van der Waals surface area contributed by atoms with Gasteiger partial charge in [0.15, 0.2) is 11.6 Å². The van der Waals surface area contributed by atoms with Crippen LogP contribution in [-0.4, -0.2) is 30.6 Å². The third-order valence-corrected chi connectivity index (χ3v) is 5.18. The van der Waals surface area contributed by atoms with Crippen molar-refractivity contribution >= 4 is 28.6 Å². The second-order valence-electron chi connectivity index (χ2n) is 5.95. The molecule has 0 saturated carbocycles. The van der Waals surface area contributed by atoms with E-state index in [2.05, 4.69) is 16.4 Å². The Labute approximate surface area is 156 Å². The number of anilines is 2. The molecule has 3 aromatic rings. The van der Waals surface area contributed by atoms with Gasteiger partial charge >= 0.3 is 0 Å². The molecule has 6 heteroatoms. The van der Waals surface area contributed by atoms with E-state index in [4.69, 9.17) is 4.74 Å². The maximum Gasteiger partial charge on any atom is 0.192 e. The van der Waals surface area contributed by atoms with Crippen LogP contribution in [0, 0.1) is 0 Å². The van der Waals surface area contributed by atoms with Gasteiger partial charge < -0.3 is 15.0 Å². The van der Waals surface area contributed by atoms with E-state index in [9.17, 15) is 4.79 Å². The van der Waals surface area contributed by atoms with Gasteiger partial charge in [-0.1, -0.05) is 24.3 Å². The highest BCUT2D eigenvalue weighted by Gasteiger charge is 2.23. The van der Waals surface area contributed by atoms with E-state index in [-0.39, 0.29) is 5.78 Å². The van der Waals surface area contributed by atoms with Crippen LogP contribution in [-0.2, 0) is 0 Å². The molecule has 1 N–H and O–H groups in total. The second kappa shape index (κ2) is 7.17. The molecule has 0 aliphatic carbocycles. The Balaban J connectivity index is 1.63. The fourth-order valence-electron chi connectivity index (χ4n) is 3.05. The van der Waals surface area contributed by atoms with E-state index in [0.29, 0.717) is 19.8 Å². The van der Waals surface area contributed by atoms with E-state index >= 15 is 0 Å². The Morgan fingerprint density at radius 2 is 2.19 bits per heavy atom. The van der Waals surface area contributed by atoms with Crippen molar-refractivity contribution in [1.29, 1.82) is 0 Å². The van der Waals surface area contributed by atoms with E-state index in [0.717, 1.165) is 33.3 Å². The maximum absolute atomic E-state index is 12.5. The monoisotopic (exact) mass is 365 g/mol. The Morgan fingerprint density at radius 1 is 1.31 bits per heavy atom. The summed E-state index contributed by atoms with van der Waals surface area (Å²) in [5.41, 5.74) is 2.92. The molecule has 132 valence electrons. The largest absolute Gasteiger partial charge is 0.493 e. The van der Waals surface area contributed by atoms with Crippen LogP contribution in [0.3, 0.4) is 0 Å². The van der Waals surface area contributed by atoms with Crippen molar-refractivity contribution in [2.45, 2.75) is 6.92 Å². The quantitative estimate of drug-likeness (QED) is 0.661. The molecule has 0 saturated heterocycles. The number of ketones is 1. The summed E-state index contributed by atoms with van der Waals surface area (Å²) in [4.78, 5) is 19.8. The molecule has 2 aromatic heterocycles. The Kier molecular flexibility index (Phi) is 4.58. The smallest absolute Gasteiger partial charge is 0.192 e. The maximum atomic E-state index is 12.5. The molecular weight excluding hydrogens is 346 g/mol. The average Bonchev–Trinajstić information content (AvgIpc) is 3.33. The van der Waals surface area contributed by atoms with Crippen molar-refractivity contribution in [3.63, 3.8) is 0 Å². The molecule has 0 atom stereocenters. The van der Waals surface area contributed by atoms with Crippen LogP contribution >= 0.6 is 11.3 Å². The zero-order chi connectivity index (χ0) is 17.9. The Hall–Kier alpha value is -2.86. The van der Waals surface area contributed by atoms with Crippen molar-refractivity contribution in [3.05, 3.63) is 58.9 Å². The summed E-state index contributed by atoms with van der Waals surface area (Å²) in [7, 11) is 0. The average molecular weight is 365 g/mol. The van der Waals surface area contributed by atoms with E-state index in [1.54, 1.807) is 0 Å². The first-order valence-electron chi connectivity index (χ1n) is 8.54. The molecule has 0 spiro atoms. The molecule has 0 amide bonds. The standard InChI is InChI=1S/C20H19N3O2S/c1-2-25-18-7-4-3-6-15(18)14-10-16-20(21-11-14)22-13-23(16)12-17(24)19-8-5-9-26-19/h3-11H,2,12-13H2,1H3,(H,21,22). The molecule has 26 heavy (non-hydrogen) atoms. The normalized spacial score (nSPS) is 12.6. The lowest BCUT2D eigenvalue weighted by atomic mass is 10.1. The number of rotatable bonds is 6. The van der Waals surface area contributed by atoms with E-state index in [1.807, 2.05) is 59.8 Å². The van der Waals surface area contributed by atoms with Gasteiger partial charge in [0, 0.05) is 17.3 Å². The van der Waals surface area contributed by atoms with E-state index in [1.165, 1.54) is 11.3 Å². The van der Waals surface area contributed by atoms with Crippen LogP contribution in [0.15, 0.2) is 54.0 Å². The second-order valence-corrected chi connectivity index (χ2v) is 6.90. The number of benzene rings is 1. The summed E-state index contributed by atoms with van der Waals surface area (Å²) in [6.45, 7) is 3.49. The Bertz CT molecular complexity index is 925. The molecule has 1 aliphatic rings. The van der Waals surface area contributed by atoms with Gasteiger partial charge in [-0.15, -0.1) is 11.3 Å². The summed E-state index contributed by atoms with van der Waals surface area (Å²) in [5.74, 6) is 1.76. The lowest BCUT2D eigenvalue weighted by Gasteiger charge is -2.17. The summed E-state index contributed by atoms with van der Waals surface area (Å²) in [6.07, 6.45) is 1.84. The summed E-state index contributed by atoms with van der Waals surface area (Å²) < 4.78 is 5.74.